The number of rotatable bonds is 4. The summed E-state index contributed by atoms with van der Waals surface area (Å²) in [6, 6.07) is 5.49. The van der Waals surface area contributed by atoms with Gasteiger partial charge in [-0.05, 0) is 61.3 Å². The maximum absolute atomic E-state index is 13.5. The minimum Gasteiger partial charge on any atom is -0.378 e. The predicted octanol–water partition coefficient (Wildman–Crippen LogP) is 4.59. The van der Waals surface area contributed by atoms with Gasteiger partial charge in [-0.25, -0.2) is 4.39 Å². The molecule has 1 heterocycles. The lowest BCUT2D eigenvalue weighted by Crippen LogP contribution is -2.06. The number of halogens is 2. The summed E-state index contributed by atoms with van der Waals surface area (Å²) in [5.41, 5.74) is 4.01. The summed E-state index contributed by atoms with van der Waals surface area (Å²) in [4.78, 5) is 0. The van der Waals surface area contributed by atoms with E-state index in [4.69, 9.17) is 0 Å². The van der Waals surface area contributed by atoms with Crippen molar-refractivity contribution < 1.29 is 4.39 Å². The van der Waals surface area contributed by atoms with Crippen molar-refractivity contribution in [1.82, 2.24) is 9.78 Å². The van der Waals surface area contributed by atoms with Gasteiger partial charge in [-0.3, -0.25) is 4.68 Å². The third-order valence-corrected chi connectivity index (χ3v) is 3.91. The molecule has 108 valence electrons. The van der Waals surface area contributed by atoms with Gasteiger partial charge in [0.25, 0.3) is 0 Å². The van der Waals surface area contributed by atoms with Crippen molar-refractivity contribution in [3.8, 4) is 0 Å². The molecular weight excluding hydrogens is 321 g/mol. The smallest absolute Gasteiger partial charge is 0.137 e. The van der Waals surface area contributed by atoms with E-state index in [0.717, 1.165) is 22.6 Å². The number of nitrogens with zero attached hydrogens (tertiary/aromatic N) is 2. The highest BCUT2D eigenvalue weighted by Crippen LogP contribution is 2.23. The lowest BCUT2D eigenvalue weighted by Gasteiger charge is -2.10. The number of benzene rings is 1. The highest BCUT2D eigenvalue weighted by atomic mass is 79.9. The van der Waals surface area contributed by atoms with Crippen LogP contribution in [-0.4, -0.2) is 9.78 Å². The molecule has 0 bridgehead atoms. The second-order valence-corrected chi connectivity index (χ2v) is 6.04. The molecule has 0 unspecified atom stereocenters. The summed E-state index contributed by atoms with van der Waals surface area (Å²) in [5, 5.41) is 7.88. The SMILES string of the molecule is Cc1nn(C(C)C)c(C)c1NCc1ccc(Br)c(F)c1. The van der Waals surface area contributed by atoms with Crippen LogP contribution in [0.2, 0.25) is 0 Å². The fourth-order valence-corrected chi connectivity index (χ4v) is 2.51. The van der Waals surface area contributed by atoms with E-state index < -0.39 is 0 Å². The van der Waals surface area contributed by atoms with Gasteiger partial charge < -0.3 is 5.32 Å². The third kappa shape index (κ3) is 3.03. The van der Waals surface area contributed by atoms with Crippen LogP contribution in [0.1, 0.15) is 36.8 Å². The summed E-state index contributed by atoms with van der Waals surface area (Å²) in [5.74, 6) is -0.240. The Bertz CT molecular complexity index is 620. The van der Waals surface area contributed by atoms with Crippen LogP contribution in [-0.2, 0) is 6.54 Å². The van der Waals surface area contributed by atoms with E-state index in [0.29, 0.717) is 17.1 Å². The van der Waals surface area contributed by atoms with Gasteiger partial charge in [-0.2, -0.15) is 5.10 Å². The highest BCUT2D eigenvalue weighted by molar-refractivity contribution is 9.10. The Labute approximate surface area is 127 Å². The van der Waals surface area contributed by atoms with E-state index in [1.54, 1.807) is 6.07 Å². The molecule has 0 saturated carbocycles. The van der Waals surface area contributed by atoms with E-state index in [2.05, 4.69) is 40.2 Å². The Morgan fingerprint density at radius 1 is 1.35 bits per heavy atom. The fourth-order valence-electron chi connectivity index (χ4n) is 2.26. The number of anilines is 1. The summed E-state index contributed by atoms with van der Waals surface area (Å²) in [7, 11) is 0. The maximum Gasteiger partial charge on any atom is 0.137 e. The van der Waals surface area contributed by atoms with E-state index in [-0.39, 0.29) is 5.82 Å². The monoisotopic (exact) mass is 339 g/mol. The van der Waals surface area contributed by atoms with E-state index in [1.165, 1.54) is 6.07 Å². The van der Waals surface area contributed by atoms with E-state index >= 15 is 0 Å². The molecule has 0 spiro atoms. The van der Waals surface area contributed by atoms with Crippen molar-refractivity contribution in [3.63, 3.8) is 0 Å². The Kier molecular flexibility index (Phi) is 4.48. The molecule has 1 N–H and O–H groups in total. The summed E-state index contributed by atoms with van der Waals surface area (Å²) >= 11 is 3.16. The zero-order valence-corrected chi connectivity index (χ0v) is 13.8. The molecule has 0 atom stereocenters. The molecule has 0 aliphatic heterocycles. The fraction of sp³-hybridized carbons (Fsp3) is 0.400. The first-order valence-electron chi connectivity index (χ1n) is 6.63. The molecule has 1 aromatic heterocycles. The number of aryl methyl sites for hydroxylation is 1. The first-order valence-corrected chi connectivity index (χ1v) is 7.43. The normalized spacial score (nSPS) is 11.2. The van der Waals surface area contributed by atoms with Crippen LogP contribution in [0.3, 0.4) is 0 Å². The lowest BCUT2D eigenvalue weighted by atomic mass is 10.2. The van der Waals surface area contributed by atoms with Crippen LogP contribution in [0.5, 0.6) is 0 Å². The number of hydrogen-bond donors (Lipinski definition) is 1. The molecule has 0 amide bonds. The molecule has 0 radical (unpaired) electrons. The van der Waals surface area contributed by atoms with Gasteiger partial charge in [-0.1, -0.05) is 6.07 Å². The molecule has 2 aromatic rings. The highest BCUT2D eigenvalue weighted by Gasteiger charge is 2.13. The first-order chi connectivity index (χ1) is 9.40. The maximum atomic E-state index is 13.5. The van der Waals surface area contributed by atoms with Crippen molar-refractivity contribution in [2.24, 2.45) is 0 Å². The Morgan fingerprint density at radius 3 is 2.60 bits per heavy atom. The van der Waals surface area contributed by atoms with Gasteiger partial charge in [-0.15, -0.1) is 0 Å². The summed E-state index contributed by atoms with van der Waals surface area (Å²) < 4.78 is 16.0. The van der Waals surface area contributed by atoms with Gasteiger partial charge in [0.05, 0.1) is 21.5 Å². The van der Waals surface area contributed by atoms with Gasteiger partial charge in [0, 0.05) is 12.6 Å². The predicted molar refractivity (Wildman–Crippen MR) is 83.5 cm³/mol. The van der Waals surface area contributed by atoms with Crippen LogP contribution in [0.4, 0.5) is 10.1 Å². The summed E-state index contributed by atoms with van der Waals surface area (Å²) in [6.07, 6.45) is 0. The van der Waals surface area contributed by atoms with Gasteiger partial charge >= 0.3 is 0 Å². The van der Waals surface area contributed by atoms with Gasteiger partial charge in [0.2, 0.25) is 0 Å². The molecule has 0 fully saturated rings. The number of nitrogens with one attached hydrogen (secondary N) is 1. The first kappa shape index (κ1) is 15.0. The zero-order chi connectivity index (χ0) is 14.9. The molecule has 0 aliphatic rings. The topological polar surface area (TPSA) is 29.9 Å². The van der Waals surface area contributed by atoms with Crippen molar-refractivity contribution in [2.75, 3.05) is 5.32 Å². The van der Waals surface area contributed by atoms with Crippen LogP contribution < -0.4 is 5.32 Å². The molecule has 1 aromatic carbocycles. The lowest BCUT2D eigenvalue weighted by molar-refractivity contribution is 0.516. The van der Waals surface area contributed by atoms with Crippen LogP contribution >= 0.6 is 15.9 Å². The Hall–Kier alpha value is -1.36. The largest absolute Gasteiger partial charge is 0.378 e. The molecule has 0 aliphatic carbocycles. The molecule has 0 saturated heterocycles. The van der Waals surface area contributed by atoms with Gasteiger partial charge in [0.15, 0.2) is 0 Å². The summed E-state index contributed by atoms with van der Waals surface area (Å²) in [6.45, 7) is 8.82. The van der Waals surface area contributed by atoms with Crippen LogP contribution in [0.25, 0.3) is 0 Å². The average molecular weight is 340 g/mol. The van der Waals surface area contributed by atoms with Crippen LogP contribution in [0, 0.1) is 19.7 Å². The number of aromatic nitrogens is 2. The average Bonchev–Trinajstić information content (AvgIpc) is 2.67. The van der Waals surface area contributed by atoms with Crippen LogP contribution in [0.15, 0.2) is 22.7 Å². The second-order valence-electron chi connectivity index (χ2n) is 5.19. The standard InChI is InChI=1S/C15H19BrFN3/c1-9(2)20-11(4)15(10(3)19-20)18-8-12-5-6-13(16)14(17)7-12/h5-7,9,18H,8H2,1-4H3. The van der Waals surface area contributed by atoms with E-state index in [9.17, 15) is 4.39 Å². The van der Waals surface area contributed by atoms with Crippen molar-refractivity contribution >= 4 is 21.6 Å². The van der Waals surface area contributed by atoms with Crippen molar-refractivity contribution in [2.45, 2.75) is 40.3 Å². The number of hydrogen-bond acceptors (Lipinski definition) is 2. The molecule has 3 nitrogen and oxygen atoms in total. The second kappa shape index (κ2) is 5.95. The van der Waals surface area contributed by atoms with Crippen molar-refractivity contribution in [3.05, 3.63) is 45.4 Å². The molecule has 20 heavy (non-hydrogen) atoms. The molecule has 2 rings (SSSR count). The molecule has 5 heteroatoms. The van der Waals surface area contributed by atoms with Gasteiger partial charge in [0.1, 0.15) is 5.82 Å². The minimum absolute atomic E-state index is 0.240. The minimum atomic E-state index is -0.240. The third-order valence-electron chi connectivity index (χ3n) is 3.27. The molecular formula is C15H19BrFN3. The Balaban J connectivity index is 2.16. The zero-order valence-electron chi connectivity index (χ0n) is 12.2. The quantitative estimate of drug-likeness (QED) is 0.882. The van der Waals surface area contributed by atoms with E-state index in [1.807, 2.05) is 24.6 Å². The van der Waals surface area contributed by atoms with Crippen molar-refractivity contribution in [1.29, 1.82) is 0 Å². The Morgan fingerprint density at radius 2 is 2.05 bits per heavy atom.